The molecule has 0 amide bonds. The van der Waals surface area contributed by atoms with E-state index in [9.17, 15) is 13.2 Å². The van der Waals surface area contributed by atoms with E-state index in [-0.39, 0.29) is 12.6 Å². The molecular formula is C9H16N2O4S. The summed E-state index contributed by atoms with van der Waals surface area (Å²) in [5.74, 6) is -1.08. The van der Waals surface area contributed by atoms with Gasteiger partial charge in [-0.2, -0.15) is 17.0 Å². The molecule has 1 atom stereocenters. The van der Waals surface area contributed by atoms with Gasteiger partial charge in [0.1, 0.15) is 6.04 Å². The van der Waals surface area contributed by atoms with Gasteiger partial charge in [0, 0.05) is 19.6 Å². The van der Waals surface area contributed by atoms with Gasteiger partial charge in [-0.25, -0.2) is 0 Å². The first-order valence-electron chi connectivity index (χ1n) is 5.42. The molecule has 2 aliphatic rings. The molecule has 0 bridgehead atoms. The lowest BCUT2D eigenvalue weighted by Crippen LogP contribution is -2.38. The molecule has 2 rings (SSSR count). The van der Waals surface area contributed by atoms with Gasteiger partial charge in [-0.15, -0.1) is 0 Å². The lowest BCUT2D eigenvalue weighted by molar-refractivity contribution is -0.140. The molecule has 16 heavy (non-hydrogen) atoms. The highest BCUT2D eigenvalue weighted by Gasteiger charge is 2.48. The first kappa shape index (κ1) is 11.8. The van der Waals surface area contributed by atoms with Crippen molar-refractivity contribution in [2.75, 3.05) is 13.6 Å². The smallest absolute Gasteiger partial charge is 0.323 e. The summed E-state index contributed by atoms with van der Waals surface area (Å²) < 4.78 is 26.3. The highest BCUT2D eigenvalue weighted by molar-refractivity contribution is 7.87. The van der Waals surface area contributed by atoms with E-state index >= 15 is 0 Å². The van der Waals surface area contributed by atoms with E-state index in [1.807, 2.05) is 0 Å². The van der Waals surface area contributed by atoms with Gasteiger partial charge < -0.3 is 5.11 Å². The van der Waals surface area contributed by atoms with Crippen LogP contribution < -0.4 is 0 Å². The predicted molar refractivity (Wildman–Crippen MR) is 57.1 cm³/mol. The summed E-state index contributed by atoms with van der Waals surface area (Å²) in [6, 6.07) is -0.942. The Hall–Kier alpha value is -0.660. The van der Waals surface area contributed by atoms with E-state index in [0.717, 1.165) is 30.0 Å². The highest BCUT2D eigenvalue weighted by atomic mass is 32.2. The fraction of sp³-hybridized carbons (Fsp3) is 0.889. The second-order valence-corrected chi connectivity index (χ2v) is 6.33. The maximum Gasteiger partial charge on any atom is 0.323 e. The van der Waals surface area contributed by atoms with Crippen LogP contribution in [0.5, 0.6) is 0 Å². The van der Waals surface area contributed by atoms with Crippen molar-refractivity contribution in [1.29, 1.82) is 0 Å². The lowest BCUT2D eigenvalue weighted by atomic mass is 10.2. The number of nitrogens with zero attached hydrogens (tertiary/aromatic N) is 2. The van der Waals surface area contributed by atoms with E-state index in [1.165, 1.54) is 11.4 Å². The van der Waals surface area contributed by atoms with Crippen LogP contribution in [-0.2, 0) is 15.0 Å². The first-order valence-corrected chi connectivity index (χ1v) is 6.82. The zero-order chi connectivity index (χ0) is 11.9. The summed E-state index contributed by atoms with van der Waals surface area (Å²) in [6.07, 6.45) is 3.75. The van der Waals surface area contributed by atoms with E-state index in [4.69, 9.17) is 5.11 Å². The largest absolute Gasteiger partial charge is 0.480 e. The van der Waals surface area contributed by atoms with Crippen LogP contribution >= 0.6 is 0 Å². The van der Waals surface area contributed by atoms with Crippen molar-refractivity contribution in [1.82, 2.24) is 8.61 Å². The molecule has 1 unspecified atom stereocenters. The average molecular weight is 248 g/mol. The van der Waals surface area contributed by atoms with Crippen LogP contribution in [-0.4, -0.2) is 53.8 Å². The third kappa shape index (κ3) is 1.72. The van der Waals surface area contributed by atoms with Crippen molar-refractivity contribution in [3.8, 4) is 0 Å². The molecule has 1 aliphatic carbocycles. The molecular weight excluding hydrogens is 232 g/mol. The normalized spacial score (nSPS) is 32.2. The number of likely N-dealkylation sites (N-methyl/N-ethyl adjacent to an activating group) is 1. The van der Waals surface area contributed by atoms with Crippen LogP contribution in [0.25, 0.3) is 0 Å². The number of hydrogen-bond acceptors (Lipinski definition) is 3. The molecule has 0 aromatic heterocycles. The second-order valence-electron chi connectivity index (χ2n) is 4.39. The Balaban J connectivity index is 2.24. The summed E-state index contributed by atoms with van der Waals surface area (Å²) in [7, 11) is -2.22. The molecule has 2 fully saturated rings. The molecule has 1 saturated heterocycles. The summed E-state index contributed by atoms with van der Waals surface area (Å²) in [5.41, 5.74) is 0. The fourth-order valence-corrected chi connectivity index (χ4v) is 4.20. The Bertz CT molecular complexity index is 388. The molecule has 7 heteroatoms. The maximum absolute atomic E-state index is 12.0. The number of rotatable bonds is 2. The number of hydrogen-bond donors (Lipinski definition) is 1. The highest BCUT2D eigenvalue weighted by Crippen LogP contribution is 2.31. The van der Waals surface area contributed by atoms with Crippen LogP contribution in [0.2, 0.25) is 0 Å². The van der Waals surface area contributed by atoms with E-state index in [2.05, 4.69) is 0 Å². The molecule has 0 aromatic carbocycles. The van der Waals surface area contributed by atoms with Gasteiger partial charge in [-0.05, 0) is 12.8 Å². The Morgan fingerprint density at radius 1 is 1.31 bits per heavy atom. The van der Waals surface area contributed by atoms with Gasteiger partial charge in [-0.1, -0.05) is 12.8 Å². The topological polar surface area (TPSA) is 77.9 Å². The van der Waals surface area contributed by atoms with Crippen LogP contribution in [0.15, 0.2) is 0 Å². The van der Waals surface area contributed by atoms with Crippen LogP contribution in [0.4, 0.5) is 0 Å². The lowest BCUT2D eigenvalue weighted by Gasteiger charge is -2.21. The Morgan fingerprint density at radius 2 is 1.88 bits per heavy atom. The minimum absolute atomic E-state index is 0.00296. The minimum atomic E-state index is -3.56. The number of aliphatic carboxylic acids is 1. The summed E-state index contributed by atoms with van der Waals surface area (Å²) in [5, 5.41) is 8.94. The molecule has 1 aliphatic heterocycles. The second kappa shape index (κ2) is 3.97. The third-order valence-electron chi connectivity index (χ3n) is 3.47. The Kier molecular flexibility index (Phi) is 2.93. The van der Waals surface area contributed by atoms with Crippen molar-refractivity contribution < 1.29 is 18.3 Å². The number of carbonyl (C=O) groups is 1. The van der Waals surface area contributed by atoms with Crippen LogP contribution in [0, 0.1) is 0 Å². The molecule has 1 N–H and O–H groups in total. The third-order valence-corrected chi connectivity index (χ3v) is 5.49. The standard InChI is InChI=1S/C9H16N2O4S/c1-10-8(9(12)13)6-11(16(10,14)15)7-4-2-3-5-7/h7-8H,2-6H2,1H3,(H,12,13). The monoisotopic (exact) mass is 248 g/mol. The molecule has 1 saturated carbocycles. The molecule has 92 valence electrons. The molecule has 0 spiro atoms. The SMILES string of the molecule is CN1C(C(=O)O)CN(C2CCCC2)S1(=O)=O. The van der Waals surface area contributed by atoms with Gasteiger partial charge >= 0.3 is 5.97 Å². The van der Waals surface area contributed by atoms with Crippen LogP contribution in [0.1, 0.15) is 25.7 Å². The van der Waals surface area contributed by atoms with E-state index in [0.29, 0.717) is 0 Å². The van der Waals surface area contributed by atoms with Gasteiger partial charge in [0.15, 0.2) is 0 Å². The maximum atomic E-state index is 12.0. The Morgan fingerprint density at radius 3 is 2.31 bits per heavy atom. The van der Waals surface area contributed by atoms with Gasteiger partial charge in [0.05, 0.1) is 0 Å². The van der Waals surface area contributed by atoms with Crippen molar-refractivity contribution >= 4 is 16.2 Å². The number of carboxylic acids is 1. The van der Waals surface area contributed by atoms with Crippen molar-refractivity contribution in [2.24, 2.45) is 0 Å². The first-order chi connectivity index (χ1) is 7.44. The molecule has 1 heterocycles. The molecule has 0 radical (unpaired) electrons. The van der Waals surface area contributed by atoms with Crippen molar-refractivity contribution in [2.45, 2.75) is 37.8 Å². The van der Waals surface area contributed by atoms with E-state index in [1.54, 1.807) is 0 Å². The fourth-order valence-electron chi connectivity index (χ4n) is 2.47. The van der Waals surface area contributed by atoms with Gasteiger partial charge in [0.25, 0.3) is 10.2 Å². The summed E-state index contributed by atoms with van der Waals surface area (Å²) >= 11 is 0. The zero-order valence-electron chi connectivity index (χ0n) is 9.16. The zero-order valence-corrected chi connectivity index (χ0v) is 9.98. The van der Waals surface area contributed by atoms with Crippen molar-refractivity contribution in [3.63, 3.8) is 0 Å². The quantitative estimate of drug-likeness (QED) is 0.738. The van der Waals surface area contributed by atoms with Crippen molar-refractivity contribution in [3.05, 3.63) is 0 Å². The minimum Gasteiger partial charge on any atom is -0.480 e. The van der Waals surface area contributed by atoms with Gasteiger partial charge in [-0.3, -0.25) is 4.79 Å². The summed E-state index contributed by atoms with van der Waals surface area (Å²) in [6.45, 7) is 0.0822. The average Bonchev–Trinajstić information content (AvgIpc) is 2.76. The summed E-state index contributed by atoms with van der Waals surface area (Å²) in [4.78, 5) is 10.9. The molecule has 6 nitrogen and oxygen atoms in total. The van der Waals surface area contributed by atoms with Crippen LogP contribution in [0.3, 0.4) is 0 Å². The predicted octanol–water partition coefficient (Wildman–Crippen LogP) is -0.126. The Labute approximate surface area is 95.0 Å². The molecule has 0 aromatic rings. The van der Waals surface area contributed by atoms with Gasteiger partial charge in [0.2, 0.25) is 0 Å². The van der Waals surface area contributed by atoms with E-state index < -0.39 is 22.2 Å². The number of carboxylic acid groups (broad SMARTS) is 1.